The fourth-order valence-corrected chi connectivity index (χ4v) is 3.92. The highest BCUT2D eigenvalue weighted by atomic mass is 32.1. The molecule has 0 radical (unpaired) electrons. The molecule has 1 N–H and O–H groups in total. The van der Waals surface area contributed by atoms with Gasteiger partial charge < -0.3 is 10.2 Å². The fourth-order valence-electron chi connectivity index (χ4n) is 2.86. The molecule has 0 saturated carbocycles. The van der Waals surface area contributed by atoms with Gasteiger partial charge in [-0.1, -0.05) is 60.7 Å². The third kappa shape index (κ3) is 4.46. The van der Waals surface area contributed by atoms with Crippen LogP contribution in [0.4, 0.5) is 0 Å². The van der Waals surface area contributed by atoms with Crippen molar-refractivity contribution in [3.05, 3.63) is 65.5 Å². The van der Waals surface area contributed by atoms with Gasteiger partial charge in [-0.25, -0.2) is 4.98 Å². The van der Waals surface area contributed by atoms with Crippen LogP contribution in [0, 0.1) is 0 Å². The van der Waals surface area contributed by atoms with Crippen molar-refractivity contribution < 1.29 is 9.59 Å². The number of rotatable bonds is 7. The van der Waals surface area contributed by atoms with E-state index in [0.29, 0.717) is 23.7 Å². The number of aromatic nitrogens is 1. The Hall–Kier alpha value is -2.99. The molecule has 5 nitrogen and oxygen atoms in total. The molecule has 0 unspecified atom stereocenters. The lowest BCUT2D eigenvalue weighted by Crippen LogP contribution is -2.40. The fraction of sp³-hybridized carbons (Fsp3) is 0.227. The van der Waals surface area contributed by atoms with Crippen LogP contribution in [-0.2, 0) is 4.79 Å². The van der Waals surface area contributed by atoms with E-state index in [0.717, 1.165) is 16.1 Å². The number of hydrogen-bond donors (Lipinski definition) is 1. The molecular weight excluding hydrogens is 370 g/mol. The molecule has 0 aliphatic rings. The van der Waals surface area contributed by atoms with Crippen LogP contribution in [0.15, 0.2) is 60.7 Å². The first-order valence-corrected chi connectivity index (χ1v) is 10.1. The average molecular weight is 394 g/mol. The average Bonchev–Trinajstić information content (AvgIpc) is 3.18. The summed E-state index contributed by atoms with van der Waals surface area (Å²) in [5, 5.41) is 3.54. The number of nitrogens with zero attached hydrogens (tertiary/aromatic N) is 2. The van der Waals surface area contributed by atoms with Gasteiger partial charge in [-0.15, -0.1) is 11.3 Å². The van der Waals surface area contributed by atoms with Crippen molar-refractivity contribution in [1.29, 1.82) is 0 Å². The lowest BCUT2D eigenvalue weighted by atomic mass is 10.1. The van der Waals surface area contributed by atoms with Gasteiger partial charge in [0.1, 0.15) is 9.88 Å². The molecule has 0 fully saturated rings. The van der Waals surface area contributed by atoms with Crippen molar-refractivity contribution in [3.63, 3.8) is 0 Å². The molecule has 0 atom stereocenters. The van der Waals surface area contributed by atoms with Crippen LogP contribution in [0.25, 0.3) is 21.8 Å². The number of carbonyl (C=O) groups is 2. The van der Waals surface area contributed by atoms with E-state index >= 15 is 0 Å². The molecule has 0 aliphatic carbocycles. The summed E-state index contributed by atoms with van der Waals surface area (Å²) in [6.07, 6.45) is 0. The summed E-state index contributed by atoms with van der Waals surface area (Å²) >= 11 is 1.37. The van der Waals surface area contributed by atoms with E-state index < -0.39 is 0 Å². The van der Waals surface area contributed by atoms with E-state index in [-0.39, 0.29) is 18.4 Å². The van der Waals surface area contributed by atoms with Gasteiger partial charge in [0.15, 0.2) is 0 Å². The van der Waals surface area contributed by atoms with Crippen LogP contribution in [-0.4, -0.2) is 41.3 Å². The van der Waals surface area contributed by atoms with Crippen LogP contribution < -0.4 is 5.32 Å². The first-order valence-electron chi connectivity index (χ1n) is 9.31. The molecule has 3 rings (SSSR count). The minimum absolute atomic E-state index is 0.0377. The molecular formula is C22H23N3O2S. The second-order valence-electron chi connectivity index (χ2n) is 6.20. The Bertz CT molecular complexity index is 939. The second-order valence-corrected chi connectivity index (χ2v) is 7.20. The van der Waals surface area contributed by atoms with Gasteiger partial charge in [-0.05, 0) is 13.8 Å². The Kier molecular flexibility index (Phi) is 6.55. The van der Waals surface area contributed by atoms with Crippen molar-refractivity contribution in [2.24, 2.45) is 0 Å². The Morgan fingerprint density at radius 2 is 1.57 bits per heavy atom. The SMILES string of the molecule is CCNC(=O)CN(CC)C(=O)c1sc(-c2ccccc2)nc1-c1ccccc1. The first-order chi connectivity index (χ1) is 13.6. The standard InChI is InChI=1S/C22H23N3O2S/c1-3-23-18(26)15-25(4-2)22(27)20-19(16-11-7-5-8-12-16)24-21(28-20)17-13-9-6-10-14-17/h5-14H,3-4,15H2,1-2H3,(H,23,26). The number of hydrogen-bond acceptors (Lipinski definition) is 4. The molecule has 144 valence electrons. The first kappa shape index (κ1) is 19.8. The zero-order valence-corrected chi connectivity index (χ0v) is 16.8. The van der Waals surface area contributed by atoms with E-state index in [1.807, 2.05) is 74.5 Å². The van der Waals surface area contributed by atoms with Crippen molar-refractivity contribution in [2.45, 2.75) is 13.8 Å². The van der Waals surface area contributed by atoms with Crippen LogP contribution >= 0.6 is 11.3 Å². The maximum atomic E-state index is 13.3. The van der Waals surface area contributed by atoms with Gasteiger partial charge in [-0.2, -0.15) is 0 Å². The quantitative estimate of drug-likeness (QED) is 0.658. The molecule has 0 aliphatic heterocycles. The lowest BCUT2D eigenvalue weighted by molar-refractivity contribution is -0.121. The highest BCUT2D eigenvalue weighted by Crippen LogP contribution is 2.34. The largest absolute Gasteiger partial charge is 0.355 e. The molecule has 3 aromatic rings. The topological polar surface area (TPSA) is 62.3 Å². The Morgan fingerprint density at radius 1 is 0.964 bits per heavy atom. The monoisotopic (exact) mass is 393 g/mol. The zero-order valence-electron chi connectivity index (χ0n) is 16.0. The molecule has 0 saturated heterocycles. The highest BCUT2D eigenvalue weighted by Gasteiger charge is 2.25. The number of carbonyl (C=O) groups excluding carboxylic acids is 2. The minimum atomic E-state index is -0.174. The van der Waals surface area contributed by atoms with E-state index in [2.05, 4.69) is 5.32 Å². The number of likely N-dealkylation sites (N-methyl/N-ethyl adjacent to an activating group) is 2. The maximum Gasteiger partial charge on any atom is 0.266 e. The predicted octanol–water partition coefficient (Wildman–Crippen LogP) is 4.08. The normalized spacial score (nSPS) is 10.5. The van der Waals surface area contributed by atoms with Gasteiger partial charge in [0.2, 0.25) is 5.91 Å². The van der Waals surface area contributed by atoms with Crippen molar-refractivity contribution in [3.8, 4) is 21.8 Å². The molecule has 2 amide bonds. The summed E-state index contributed by atoms with van der Waals surface area (Å²) < 4.78 is 0. The number of amides is 2. The molecule has 2 aromatic carbocycles. The number of thiazole rings is 1. The van der Waals surface area contributed by atoms with E-state index in [9.17, 15) is 9.59 Å². The lowest BCUT2D eigenvalue weighted by Gasteiger charge is -2.19. The van der Waals surface area contributed by atoms with Crippen molar-refractivity contribution >= 4 is 23.2 Å². The van der Waals surface area contributed by atoms with Crippen LogP contribution in [0.1, 0.15) is 23.5 Å². The third-order valence-electron chi connectivity index (χ3n) is 4.27. The third-order valence-corrected chi connectivity index (χ3v) is 5.36. The van der Waals surface area contributed by atoms with Gasteiger partial charge in [0.05, 0.1) is 12.2 Å². The number of nitrogens with one attached hydrogen (secondary N) is 1. The summed E-state index contributed by atoms with van der Waals surface area (Å²) in [5.41, 5.74) is 2.51. The van der Waals surface area contributed by atoms with Crippen molar-refractivity contribution in [2.75, 3.05) is 19.6 Å². The van der Waals surface area contributed by atoms with Crippen molar-refractivity contribution in [1.82, 2.24) is 15.2 Å². The van der Waals surface area contributed by atoms with Gasteiger partial charge in [-0.3, -0.25) is 9.59 Å². The Labute approximate surface area is 169 Å². The molecule has 6 heteroatoms. The summed E-state index contributed by atoms with van der Waals surface area (Å²) in [5.74, 6) is -0.334. The summed E-state index contributed by atoms with van der Waals surface area (Å²) in [4.78, 5) is 32.2. The molecule has 0 spiro atoms. The zero-order chi connectivity index (χ0) is 19.9. The summed E-state index contributed by atoms with van der Waals surface area (Å²) in [6, 6.07) is 19.5. The van der Waals surface area contributed by atoms with E-state index in [1.54, 1.807) is 4.90 Å². The van der Waals surface area contributed by atoms with Gasteiger partial charge >= 0.3 is 0 Å². The van der Waals surface area contributed by atoms with Gasteiger partial charge in [0, 0.05) is 24.2 Å². The maximum absolute atomic E-state index is 13.3. The minimum Gasteiger partial charge on any atom is -0.355 e. The summed E-state index contributed by atoms with van der Waals surface area (Å²) in [7, 11) is 0. The van der Waals surface area contributed by atoms with Crippen LogP contribution in [0.3, 0.4) is 0 Å². The van der Waals surface area contributed by atoms with Crippen LogP contribution in [0.2, 0.25) is 0 Å². The Balaban J connectivity index is 2.01. The molecule has 28 heavy (non-hydrogen) atoms. The Morgan fingerprint density at radius 3 is 2.14 bits per heavy atom. The molecule has 0 bridgehead atoms. The molecule has 1 aromatic heterocycles. The van der Waals surface area contributed by atoms with Gasteiger partial charge in [0.25, 0.3) is 5.91 Å². The molecule has 1 heterocycles. The highest BCUT2D eigenvalue weighted by molar-refractivity contribution is 7.17. The smallest absolute Gasteiger partial charge is 0.266 e. The van der Waals surface area contributed by atoms with E-state index in [4.69, 9.17) is 4.98 Å². The number of benzene rings is 2. The predicted molar refractivity (Wildman–Crippen MR) is 113 cm³/mol. The summed E-state index contributed by atoms with van der Waals surface area (Å²) in [6.45, 7) is 4.76. The van der Waals surface area contributed by atoms with Crippen LogP contribution in [0.5, 0.6) is 0 Å². The second kappa shape index (κ2) is 9.28. The van der Waals surface area contributed by atoms with E-state index in [1.165, 1.54) is 11.3 Å².